The number of fused-ring (bicyclic) bond motifs is 2. The van der Waals surface area contributed by atoms with Crippen LogP contribution in [0.1, 0.15) is 11.3 Å². The van der Waals surface area contributed by atoms with Gasteiger partial charge in [0.05, 0.1) is 12.3 Å². The molecular formula is C17H14ClN3O2S. The molecule has 4 aromatic rings. The molecule has 0 amide bonds. The van der Waals surface area contributed by atoms with Crippen molar-refractivity contribution in [3.8, 4) is 10.8 Å². The molecule has 0 aliphatic rings. The van der Waals surface area contributed by atoms with Gasteiger partial charge in [-0.05, 0) is 36.8 Å². The van der Waals surface area contributed by atoms with Gasteiger partial charge in [0, 0.05) is 23.2 Å². The normalized spacial score (nSPS) is 11.6. The maximum atomic E-state index is 6.39. The second kappa shape index (κ2) is 5.73. The molecule has 0 aliphatic carbocycles. The summed E-state index contributed by atoms with van der Waals surface area (Å²) < 4.78 is 11.1. The van der Waals surface area contributed by atoms with Crippen molar-refractivity contribution in [3.63, 3.8) is 0 Å². The van der Waals surface area contributed by atoms with Crippen LogP contribution in [0.4, 0.5) is 5.69 Å². The molecule has 5 nitrogen and oxygen atoms in total. The number of hydrogen-bond donors (Lipinski definition) is 1. The first-order chi connectivity index (χ1) is 11.6. The van der Waals surface area contributed by atoms with Crippen LogP contribution in [0.5, 0.6) is 0 Å². The van der Waals surface area contributed by atoms with Gasteiger partial charge in [0.2, 0.25) is 5.89 Å². The van der Waals surface area contributed by atoms with Gasteiger partial charge < -0.3 is 14.9 Å². The first-order valence-corrected chi connectivity index (χ1v) is 8.50. The summed E-state index contributed by atoms with van der Waals surface area (Å²) in [4.78, 5) is 10.7. The molecular weight excluding hydrogens is 346 g/mol. The van der Waals surface area contributed by atoms with Crippen LogP contribution in [0.3, 0.4) is 0 Å². The lowest BCUT2D eigenvalue weighted by molar-refractivity contribution is 0.186. The van der Waals surface area contributed by atoms with E-state index in [1.807, 2.05) is 13.0 Å². The maximum Gasteiger partial charge on any atom is 0.239 e. The van der Waals surface area contributed by atoms with Crippen molar-refractivity contribution < 1.29 is 9.15 Å². The lowest BCUT2D eigenvalue weighted by atomic mass is 10.1. The summed E-state index contributed by atoms with van der Waals surface area (Å²) in [5, 5.41) is 1.52. The zero-order valence-electron chi connectivity index (χ0n) is 13.1. The Morgan fingerprint density at radius 2 is 2.12 bits per heavy atom. The number of nitrogens with two attached hydrogens (primary N) is 1. The van der Waals surface area contributed by atoms with E-state index in [4.69, 9.17) is 26.5 Å². The van der Waals surface area contributed by atoms with E-state index in [1.165, 1.54) is 11.3 Å². The molecule has 0 aliphatic heterocycles. The highest BCUT2D eigenvalue weighted by Gasteiger charge is 2.20. The van der Waals surface area contributed by atoms with Gasteiger partial charge in [-0.15, -0.1) is 11.3 Å². The van der Waals surface area contributed by atoms with E-state index < -0.39 is 0 Å². The first kappa shape index (κ1) is 15.4. The minimum absolute atomic E-state index is 0.476. The molecule has 0 bridgehead atoms. The van der Waals surface area contributed by atoms with E-state index in [0.717, 1.165) is 26.4 Å². The predicted molar refractivity (Wildman–Crippen MR) is 97.5 cm³/mol. The van der Waals surface area contributed by atoms with Crippen LogP contribution in [0, 0.1) is 6.92 Å². The van der Waals surface area contributed by atoms with E-state index in [1.54, 1.807) is 25.3 Å². The van der Waals surface area contributed by atoms with Gasteiger partial charge in [0.1, 0.15) is 15.2 Å². The van der Waals surface area contributed by atoms with Crippen LogP contribution >= 0.6 is 22.9 Å². The summed E-state index contributed by atoms with van der Waals surface area (Å²) in [5.41, 5.74) is 10.3. The fraction of sp³-hybridized carbons (Fsp3) is 0.176. The quantitative estimate of drug-likeness (QED) is 0.569. The van der Waals surface area contributed by atoms with Crippen LogP contribution in [0.2, 0.25) is 5.02 Å². The monoisotopic (exact) mass is 359 g/mol. The first-order valence-electron chi connectivity index (χ1n) is 7.30. The number of anilines is 1. The van der Waals surface area contributed by atoms with Crippen LogP contribution in [-0.4, -0.2) is 17.1 Å². The molecule has 24 heavy (non-hydrogen) atoms. The highest BCUT2D eigenvalue weighted by molar-refractivity contribution is 7.22. The van der Waals surface area contributed by atoms with Crippen molar-refractivity contribution in [3.05, 3.63) is 40.5 Å². The van der Waals surface area contributed by atoms with E-state index in [9.17, 15) is 0 Å². The lowest BCUT2D eigenvalue weighted by Gasteiger charge is -2.04. The number of aromatic nitrogens is 2. The Kier molecular flexibility index (Phi) is 3.68. The predicted octanol–water partition coefficient (Wildman–Crippen LogP) is 4.79. The molecule has 0 fully saturated rings. The molecule has 0 spiro atoms. The molecule has 0 unspecified atom stereocenters. The zero-order chi connectivity index (χ0) is 16.8. The Balaban J connectivity index is 1.95. The average molecular weight is 360 g/mol. The van der Waals surface area contributed by atoms with Gasteiger partial charge >= 0.3 is 0 Å². The molecule has 0 saturated heterocycles. The van der Waals surface area contributed by atoms with E-state index >= 15 is 0 Å². The van der Waals surface area contributed by atoms with Gasteiger partial charge in [0.25, 0.3) is 0 Å². The number of methoxy groups -OCH3 is 1. The van der Waals surface area contributed by atoms with Gasteiger partial charge in [-0.25, -0.2) is 9.97 Å². The van der Waals surface area contributed by atoms with E-state index in [0.29, 0.717) is 34.3 Å². The highest BCUT2D eigenvalue weighted by Crippen LogP contribution is 2.42. The van der Waals surface area contributed by atoms with Crippen molar-refractivity contribution in [2.75, 3.05) is 12.8 Å². The number of nitrogen functional groups attached to an aromatic ring is 1. The van der Waals surface area contributed by atoms with Gasteiger partial charge in [-0.2, -0.15) is 0 Å². The molecule has 2 N–H and O–H groups in total. The Morgan fingerprint density at radius 3 is 2.92 bits per heavy atom. The summed E-state index contributed by atoms with van der Waals surface area (Å²) in [6, 6.07) is 7.34. The van der Waals surface area contributed by atoms with Crippen LogP contribution in [-0.2, 0) is 11.3 Å². The second-order valence-corrected chi connectivity index (χ2v) is 6.95. The number of hydrogen-bond acceptors (Lipinski definition) is 6. The fourth-order valence-electron chi connectivity index (χ4n) is 2.76. The molecule has 122 valence electrons. The molecule has 0 saturated carbocycles. The third-order valence-electron chi connectivity index (χ3n) is 3.75. The average Bonchev–Trinajstić information content (AvgIpc) is 3.08. The lowest BCUT2D eigenvalue weighted by Crippen LogP contribution is -1.94. The summed E-state index contributed by atoms with van der Waals surface area (Å²) in [7, 11) is 1.66. The molecule has 3 aromatic heterocycles. The molecule has 0 atom stereocenters. The zero-order valence-corrected chi connectivity index (χ0v) is 14.7. The minimum atomic E-state index is 0.476. The van der Waals surface area contributed by atoms with Crippen molar-refractivity contribution in [1.29, 1.82) is 0 Å². The summed E-state index contributed by atoms with van der Waals surface area (Å²) >= 11 is 7.48. The fourth-order valence-corrected chi connectivity index (χ4v) is 4.04. The van der Waals surface area contributed by atoms with Gasteiger partial charge in [-0.3, -0.25) is 0 Å². The number of nitrogens with zero attached hydrogens (tertiary/aromatic N) is 2. The van der Waals surface area contributed by atoms with Crippen LogP contribution in [0.25, 0.3) is 32.1 Å². The molecule has 4 rings (SSSR count). The SMILES string of the molecule is COCc1cc(C)nc2sc(-c3nc4cc(Cl)ccc4o3)c(N)c12. The Morgan fingerprint density at radius 1 is 1.29 bits per heavy atom. The third-order valence-corrected chi connectivity index (χ3v) is 5.07. The van der Waals surface area contributed by atoms with Gasteiger partial charge in [0.15, 0.2) is 5.58 Å². The number of rotatable bonds is 3. The molecule has 1 aromatic carbocycles. The summed E-state index contributed by atoms with van der Waals surface area (Å²) in [6.45, 7) is 2.43. The Bertz CT molecular complexity index is 1070. The Labute approximate surface area is 147 Å². The third kappa shape index (κ3) is 2.43. The van der Waals surface area contributed by atoms with Crippen molar-refractivity contribution >= 4 is 49.9 Å². The number of benzene rings is 1. The minimum Gasteiger partial charge on any atom is -0.435 e. The number of halogens is 1. The number of thiophene rings is 1. The maximum absolute atomic E-state index is 6.39. The molecule has 7 heteroatoms. The largest absolute Gasteiger partial charge is 0.435 e. The highest BCUT2D eigenvalue weighted by atomic mass is 35.5. The molecule has 0 radical (unpaired) electrons. The van der Waals surface area contributed by atoms with Crippen molar-refractivity contribution in [2.24, 2.45) is 0 Å². The smallest absolute Gasteiger partial charge is 0.239 e. The second-order valence-electron chi connectivity index (χ2n) is 5.51. The van der Waals surface area contributed by atoms with Gasteiger partial charge in [-0.1, -0.05) is 11.6 Å². The van der Waals surface area contributed by atoms with E-state index in [2.05, 4.69) is 9.97 Å². The summed E-state index contributed by atoms with van der Waals surface area (Å²) in [6.07, 6.45) is 0. The number of ether oxygens (including phenoxy) is 1. The van der Waals surface area contributed by atoms with Crippen LogP contribution in [0.15, 0.2) is 28.7 Å². The molecule has 3 heterocycles. The number of oxazole rings is 1. The van der Waals surface area contributed by atoms with Crippen LogP contribution < -0.4 is 5.73 Å². The van der Waals surface area contributed by atoms with E-state index in [-0.39, 0.29) is 0 Å². The Hall–Kier alpha value is -2.15. The summed E-state index contributed by atoms with van der Waals surface area (Å²) in [5.74, 6) is 0.480. The van der Waals surface area contributed by atoms with Crippen molar-refractivity contribution in [1.82, 2.24) is 9.97 Å². The van der Waals surface area contributed by atoms with Crippen molar-refractivity contribution in [2.45, 2.75) is 13.5 Å². The number of pyridine rings is 1. The number of aryl methyl sites for hydroxylation is 1. The standard InChI is InChI=1S/C17H14ClN3O2S/c1-8-5-9(7-22-2)13-14(19)15(24-17(13)20-8)16-21-11-6-10(18)3-4-12(11)23-16/h3-6H,7,19H2,1-2H3. The topological polar surface area (TPSA) is 74.2 Å².